The van der Waals surface area contributed by atoms with E-state index in [1.54, 1.807) is 19.2 Å². The van der Waals surface area contributed by atoms with Gasteiger partial charge in [0, 0.05) is 31.4 Å². The Hall–Kier alpha value is -3.32. The summed E-state index contributed by atoms with van der Waals surface area (Å²) in [5, 5.41) is 17.8. The van der Waals surface area contributed by atoms with Gasteiger partial charge in [-0.05, 0) is 42.7 Å². The van der Waals surface area contributed by atoms with Gasteiger partial charge in [0.1, 0.15) is 22.9 Å². The van der Waals surface area contributed by atoms with E-state index in [9.17, 15) is 9.90 Å². The molecule has 2 N–H and O–H groups in total. The zero-order chi connectivity index (χ0) is 23.9. The molecule has 7 heteroatoms. The molecule has 0 fully saturated rings. The van der Waals surface area contributed by atoms with Gasteiger partial charge in [-0.3, -0.25) is 9.89 Å². The van der Waals surface area contributed by atoms with Crippen molar-refractivity contribution in [3.05, 3.63) is 65.4 Å². The van der Waals surface area contributed by atoms with Gasteiger partial charge in [0.15, 0.2) is 0 Å². The van der Waals surface area contributed by atoms with Gasteiger partial charge < -0.3 is 19.5 Å². The number of aromatic amines is 1. The Morgan fingerprint density at radius 1 is 1.03 bits per heavy atom. The summed E-state index contributed by atoms with van der Waals surface area (Å²) in [5.74, 6) is 0.859. The Balaban J connectivity index is 1.63. The van der Waals surface area contributed by atoms with Crippen LogP contribution < -0.4 is 4.74 Å². The number of ether oxygens (including phenoxy) is 2. The lowest BCUT2D eigenvalue weighted by molar-refractivity contribution is 0.0723. The van der Waals surface area contributed by atoms with E-state index in [2.05, 4.69) is 17.1 Å². The maximum absolute atomic E-state index is 13.3. The number of aromatic hydroxyl groups is 1. The van der Waals surface area contributed by atoms with E-state index in [0.717, 1.165) is 29.7 Å². The van der Waals surface area contributed by atoms with Crippen LogP contribution in [-0.2, 0) is 4.74 Å². The maximum Gasteiger partial charge on any atom is 0.273 e. The Kier molecular flexibility index (Phi) is 7.85. The molecule has 1 aromatic heterocycles. The zero-order valence-corrected chi connectivity index (χ0v) is 19.9. The number of methoxy groups -OCH3 is 1. The first kappa shape index (κ1) is 23.8. The molecule has 0 bridgehead atoms. The van der Waals surface area contributed by atoms with Gasteiger partial charge in [-0.2, -0.15) is 5.10 Å². The maximum atomic E-state index is 13.3. The summed E-state index contributed by atoms with van der Waals surface area (Å²) in [5.41, 5.74) is 3.43. The van der Waals surface area contributed by atoms with Gasteiger partial charge in [0.2, 0.25) is 0 Å². The van der Waals surface area contributed by atoms with Crippen LogP contribution in [0, 0.1) is 0 Å². The van der Waals surface area contributed by atoms with Gasteiger partial charge in [0.05, 0.1) is 12.6 Å². The fraction of sp³-hybridized carbons (Fsp3) is 0.407. The first-order valence-electron chi connectivity index (χ1n) is 12.0. The number of unbranched alkanes of at least 4 members (excludes halogenated alkanes) is 3. The molecule has 4 rings (SSSR count). The lowest BCUT2D eigenvalue weighted by atomic mass is 9.95. The SMILES string of the molecule is CCCCCCOc1ccc([C@@H]2c3c(-c4ccccc4O)n[nH]c3C(=O)N2CCCOC)cc1. The van der Waals surface area contributed by atoms with Crippen LogP contribution in [-0.4, -0.2) is 53.0 Å². The normalized spacial score (nSPS) is 15.1. The van der Waals surface area contributed by atoms with E-state index in [0.29, 0.717) is 36.7 Å². The summed E-state index contributed by atoms with van der Waals surface area (Å²) < 4.78 is 11.1. The van der Waals surface area contributed by atoms with Crippen molar-refractivity contribution in [3.8, 4) is 22.8 Å². The summed E-state index contributed by atoms with van der Waals surface area (Å²) in [6.07, 6.45) is 5.37. The van der Waals surface area contributed by atoms with Gasteiger partial charge in [0.25, 0.3) is 5.91 Å². The topological polar surface area (TPSA) is 87.7 Å². The van der Waals surface area contributed by atoms with Gasteiger partial charge in [-0.15, -0.1) is 0 Å². The highest BCUT2D eigenvalue weighted by Gasteiger charge is 2.42. The van der Waals surface area contributed by atoms with Crippen LogP contribution in [0.15, 0.2) is 48.5 Å². The van der Waals surface area contributed by atoms with E-state index in [1.165, 1.54) is 19.3 Å². The summed E-state index contributed by atoms with van der Waals surface area (Å²) in [7, 11) is 1.66. The summed E-state index contributed by atoms with van der Waals surface area (Å²) in [4.78, 5) is 15.2. The predicted octanol–water partition coefficient (Wildman–Crippen LogP) is 5.32. The number of para-hydroxylation sites is 1. The first-order valence-corrected chi connectivity index (χ1v) is 12.0. The second kappa shape index (κ2) is 11.2. The molecule has 0 saturated heterocycles. The van der Waals surface area contributed by atoms with Crippen molar-refractivity contribution in [3.63, 3.8) is 0 Å². The number of nitrogens with zero attached hydrogens (tertiary/aromatic N) is 2. The number of carbonyl (C=O) groups is 1. The number of amides is 1. The van der Waals surface area contributed by atoms with E-state index in [-0.39, 0.29) is 17.7 Å². The minimum Gasteiger partial charge on any atom is -0.507 e. The number of fused-ring (bicyclic) bond motifs is 1. The number of hydrogen-bond acceptors (Lipinski definition) is 5. The molecule has 1 aliphatic heterocycles. The molecule has 1 aliphatic rings. The van der Waals surface area contributed by atoms with Gasteiger partial charge in [-0.1, -0.05) is 50.5 Å². The molecular formula is C27H33N3O4. The Bertz CT molecular complexity index is 1090. The second-order valence-corrected chi connectivity index (χ2v) is 8.60. The number of phenolic OH excluding ortho intramolecular Hbond substituents is 1. The highest BCUT2D eigenvalue weighted by Crippen LogP contribution is 2.44. The predicted molar refractivity (Wildman–Crippen MR) is 131 cm³/mol. The molecule has 0 spiro atoms. The molecule has 0 saturated carbocycles. The van der Waals surface area contributed by atoms with Crippen molar-refractivity contribution in [2.45, 2.75) is 45.1 Å². The van der Waals surface area contributed by atoms with Crippen molar-refractivity contribution in [2.24, 2.45) is 0 Å². The van der Waals surface area contributed by atoms with Crippen molar-refractivity contribution in [1.82, 2.24) is 15.1 Å². The fourth-order valence-electron chi connectivity index (χ4n) is 4.50. The van der Waals surface area contributed by atoms with Crippen LogP contribution in [0.3, 0.4) is 0 Å². The van der Waals surface area contributed by atoms with E-state index in [4.69, 9.17) is 9.47 Å². The molecule has 0 unspecified atom stereocenters. The number of benzene rings is 2. The minimum absolute atomic E-state index is 0.0958. The molecule has 0 radical (unpaired) electrons. The average molecular weight is 464 g/mol. The first-order chi connectivity index (χ1) is 16.7. The number of carbonyl (C=O) groups excluding carboxylic acids is 1. The molecule has 180 valence electrons. The fourth-order valence-corrected chi connectivity index (χ4v) is 4.50. The summed E-state index contributed by atoms with van der Waals surface area (Å²) in [6, 6.07) is 14.7. The number of rotatable bonds is 12. The number of phenols is 1. The average Bonchev–Trinajstić information content (AvgIpc) is 3.39. The molecule has 1 atom stereocenters. The minimum atomic E-state index is -0.314. The van der Waals surface area contributed by atoms with Gasteiger partial charge >= 0.3 is 0 Å². The Morgan fingerprint density at radius 2 is 1.82 bits per heavy atom. The third kappa shape index (κ3) is 4.94. The lowest BCUT2D eigenvalue weighted by Crippen LogP contribution is -2.31. The highest BCUT2D eigenvalue weighted by atomic mass is 16.5. The van der Waals surface area contributed by atoms with E-state index >= 15 is 0 Å². The molecule has 7 nitrogen and oxygen atoms in total. The monoisotopic (exact) mass is 463 g/mol. The Morgan fingerprint density at radius 3 is 2.56 bits per heavy atom. The lowest BCUT2D eigenvalue weighted by Gasteiger charge is -2.26. The van der Waals surface area contributed by atoms with Crippen LogP contribution in [0.1, 0.15) is 66.7 Å². The molecular weight excluding hydrogens is 430 g/mol. The highest BCUT2D eigenvalue weighted by molar-refractivity contribution is 6.00. The smallest absolute Gasteiger partial charge is 0.273 e. The van der Waals surface area contributed by atoms with Crippen molar-refractivity contribution in [2.75, 3.05) is 26.9 Å². The van der Waals surface area contributed by atoms with Gasteiger partial charge in [-0.25, -0.2) is 0 Å². The van der Waals surface area contributed by atoms with Crippen LogP contribution in [0.2, 0.25) is 0 Å². The standard InChI is InChI=1S/C27H33N3O4/c1-3-4-5-8-18-34-20-14-12-19(13-15-20)26-23-24(21-10-6-7-11-22(21)31)28-29-25(23)27(32)30(26)16-9-17-33-2/h6-7,10-15,26,31H,3-5,8-9,16-18H2,1-2H3,(H,28,29)/t26-/m1/s1. The summed E-state index contributed by atoms with van der Waals surface area (Å²) in [6.45, 7) is 4.02. The molecule has 0 aliphatic carbocycles. The van der Waals surface area contributed by atoms with Crippen molar-refractivity contribution in [1.29, 1.82) is 0 Å². The number of aromatic nitrogens is 2. The van der Waals surface area contributed by atoms with Crippen LogP contribution >= 0.6 is 0 Å². The third-order valence-corrected chi connectivity index (χ3v) is 6.23. The molecule has 3 aromatic rings. The number of nitrogens with one attached hydrogen (secondary N) is 1. The van der Waals surface area contributed by atoms with Crippen LogP contribution in [0.5, 0.6) is 11.5 Å². The van der Waals surface area contributed by atoms with Crippen molar-refractivity contribution < 1.29 is 19.4 Å². The van der Waals surface area contributed by atoms with E-state index < -0.39 is 0 Å². The molecule has 2 heterocycles. The van der Waals surface area contributed by atoms with Crippen molar-refractivity contribution >= 4 is 5.91 Å². The number of hydrogen-bond donors (Lipinski definition) is 2. The summed E-state index contributed by atoms with van der Waals surface area (Å²) >= 11 is 0. The zero-order valence-electron chi connectivity index (χ0n) is 19.9. The van der Waals surface area contributed by atoms with Crippen LogP contribution in [0.25, 0.3) is 11.3 Å². The quantitative estimate of drug-likeness (QED) is 0.355. The molecule has 34 heavy (non-hydrogen) atoms. The largest absolute Gasteiger partial charge is 0.507 e. The second-order valence-electron chi connectivity index (χ2n) is 8.60. The van der Waals surface area contributed by atoms with Crippen LogP contribution in [0.4, 0.5) is 0 Å². The third-order valence-electron chi connectivity index (χ3n) is 6.23. The molecule has 1 amide bonds. The number of H-pyrrole nitrogens is 1. The molecule has 2 aromatic carbocycles. The Labute approximate surface area is 200 Å². The van der Waals surface area contributed by atoms with E-state index in [1.807, 2.05) is 41.3 Å².